The SMILES string of the molecule is O=C(C1COc2ccccc2O1)N1CC(n2ccnn2)C1. The monoisotopic (exact) mass is 286 g/mol. The third-order valence-electron chi connectivity index (χ3n) is 3.77. The zero-order valence-corrected chi connectivity index (χ0v) is 11.3. The summed E-state index contributed by atoms with van der Waals surface area (Å²) in [7, 11) is 0. The first-order chi connectivity index (χ1) is 10.3. The van der Waals surface area contributed by atoms with Gasteiger partial charge in [0.25, 0.3) is 5.91 Å². The minimum absolute atomic E-state index is 0.0409. The highest BCUT2D eigenvalue weighted by Gasteiger charge is 2.38. The maximum atomic E-state index is 12.4. The smallest absolute Gasteiger partial charge is 0.267 e. The lowest BCUT2D eigenvalue weighted by atomic mass is 10.1. The van der Waals surface area contributed by atoms with Crippen LogP contribution in [0.5, 0.6) is 11.5 Å². The van der Waals surface area contributed by atoms with Crippen molar-refractivity contribution in [2.45, 2.75) is 12.1 Å². The van der Waals surface area contributed by atoms with Gasteiger partial charge in [0.2, 0.25) is 6.10 Å². The van der Waals surface area contributed by atoms with Gasteiger partial charge < -0.3 is 14.4 Å². The number of hydrogen-bond donors (Lipinski definition) is 0. The summed E-state index contributed by atoms with van der Waals surface area (Å²) >= 11 is 0. The van der Waals surface area contributed by atoms with E-state index in [4.69, 9.17) is 9.47 Å². The third-order valence-corrected chi connectivity index (χ3v) is 3.77. The first-order valence-electron chi connectivity index (χ1n) is 6.84. The van der Waals surface area contributed by atoms with Crippen molar-refractivity contribution in [3.05, 3.63) is 36.7 Å². The summed E-state index contributed by atoms with van der Waals surface area (Å²) in [5, 5.41) is 7.72. The highest BCUT2D eigenvalue weighted by atomic mass is 16.6. The average Bonchev–Trinajstić information content (AvgIpc) is 2.99. The second-order valence-corrected chi connectivity index (χ2v) is 5.14. The summed E-state index contributed by atoms with van der Waals surface area (Å²) in [6.45, 7) is 1.51. The number of fused-ring (bicyclic) bond motifs is 1. The Hall–Kier alpha value is -2.57. The number of ether oxygens (including phenoxy) is 2. The summed E-state index contributed by atoms with van der Waals surface area (Å²) < 4.78 is 13.1. The molecular weight excluding hydrogens is 272 g/mol. The van der Waals surface area contributed by atoms with Crippen molar-refractivity contribution in [2.75, 3.05) is 19.7 Å². The van der Waals surface area contributed by atoms with E-state index in [0.717, 1.165) is 0 Å². The van der Waals surface area contributed by atoms with Crippen molar-refractivity contribution >= 4 is 5.91 Å². The van der Waals surface area contributed by atoms with Gasteiger partial charge in [0.05, 0.1) is 12.2 Å². The maximum Gasteiger partial charge on any atom is 0.267 e. The molecule has 7 heteroatoms. The Labute approximate surface area is 121 Å². The predicted molar refractivity (Wildman–Crippen MR) is 72.0 cm³/mol. The minimum atomic E-state index is -0.573. The summed E-state index contributed by atoms with van der Waals surface area (Å²) in [4.78, 5) is 14.1. The van der Waals surface area contributed by atoms with E-state index in [1.165, 1.54) is 0 Å². The summed E-state index contributed by atoms with van der Waals surface area (Å²) in [5.74, 6) is 1.27. The molecule has 21 heavy (non-hydrogen) atoms. The van der Waals surface area contributed by atoms with Gasteiger partial charge in [-0.05, 0) is 12.1 Å². The number of carbonyl (C=O) groups is 1. The Morgan fingerprint density at radius 1 is 1.24 bits per heavy atom. The van der Waals surface area contributed by atoms with Crippen LogP contribution >= 0.6 is 0 Å². The molecule has 0 aliphatic carbocycles. The van der Waals surface area contributed by atoms with Gasteiger partial charge in [0.15, 0.2) is 11.5 Å². The minimum Gasteiger partial charge on any atom is -0.485 e. The van der Waals surface area contributed by atoms with Crippen LogP contribution in [0.4, 0.5) is 0 Å². The largest absolute Gasteiger partial charge is 0.485 e. The second-order valence-electron chi connectivity index (χ2n) is 5.14. The molecule has 2 aromatic rings. The van der Waals surface area contributed by atoms with Crippen LogP contribution in [0.3, 0.4) is 0 Å². The lowest BCUT2D eigenvalue weighted by Crippen LogP contribution is -2.56. The van der Waals surface area contributed by atoms with Crippen LogP contribution in [-0.2, 0) is 4.79 Å². The van der Waals surface area contributed by atoms with Crippen LogP contribution in [0.1, 0.15) is 6.04 Å². The molecule has 1 unspecified atom stereocenters. The lowest BCUT2D eigenvalue weighted by molar-refractivity contribution is -0.147. The first-order valence-corrected chi connectivity index (χ1v) is 6.84. The highest BCUT2D eigenvalue weighted by molar-refractivity contribution is 5.82. The van der Waals surface area contributed by atoms with Crippen molar-refractivity contribution < 1.29 is 14.3 Å². The molecule has 0 radical (unpaired) electrons. The number of rotatable bonds is 2. The Morgan fingerprint density at radius 3 is 2.81 bits per heavy atom. The molecule has 1 aromatic heterocycles. The molecule has 3 heterocycles. The van der Waals surface area contributed by atoms with Crippen molar-refractivity contribution in [1.82, 2.24) is 19.9 Å². The fraction of sp³-hybridized carbons (Fsp3) is 0.357. The molecule has 1 aromatic carbocycles. The van der Waals surface area contributed by atoms with Crippen LogP contribution in [0, 0.1) is 0 Å². The molecule has 0 N–H and O–H groups in total. The second kappa shape index (κ2) is 4.76. The van der Waals surface area contributed by atoms with Crippen LogP contribution in [0.2, 0.25) is 0 Å². The number of amides is 1. The Morgan fingerprint density at radius 2 is 2.05 bits per heavy atom. The van der Waals surface area contributed by atoms with Gasteiger partial charge in [-0.25, -0.2) is 4.68 Å². The highest BCUT2D eigenvalue weighted by Crippen LogP contribution is 2.32. The molecule has 1 fully saturated rings. The number of carbonyl (C=O) groups excluding carboxylic acids is 1. The number of benzene rings is 1. The van der Waals surface area contributed by atoms with Gasteiger partial charge in [0, 0.05) is 19.3 Å². The Bertz CT molecular complexity index is 652. The number of para-hydroxylation sites is 2. The van der Waals surface area contributed by atoms with Crippen LogP contribution < -0.4 is 9.47 Å². The zero-order chi connectivity index (χ0) is 14.2. The summed E-state index contributed by atoms with van der Waals surface area (Å²) in [6.07, 6.45) is 2.87. The zero-order valence-electron chi connectivity index (χ0n) is 11.3. The summed E-state index contributed by atoms with van der Waals surface area (Å²) in [5.41, 5.74) is 0. The van der Waals surface area contributed by atoms with Crippen molar-refractivity contribution in [3.8, 4) is 11.5 Å². The Balaban J connectivity index is 1.39. The van der Waals surface area contributed by atoms with E-state index in [0.29, 0.717) is 24.6 Å². The van der Waals surface area contributed by atoms with Crippen molar-refractivity contribution in [2.24, 2.45) is 0 Å². The number of aromatic nitrogens is 3. The predicted octanol–water partition coefficient (Wildman–Crippen LogP) is 0.501. The van der Waals surface area contributed by atoms with E-state index in [1.807, 2.05) is 30.5 Å². The fourth-order valence-corrected chi connectivity index (χ4v) is 2.56. The summed E-state index contributed by atoms with van der Waals surface area (Å²) in [6, 6.07) is 7.58. The molecule has 0 saturated carbocycles. The molecule has 1 amide bonds. The van der Waals surface area contributed by atoms with Crippen LogP contribution in [-0.4, -0.2) is 51.6 Å². The van der Waals surface area contributed by atoms with E-state index < -0.39 is 6.10 Å². The topological polar surface area (TPSA) is 69.5 Å². The fourth-order valence-electron chi connectivity index (χ4n) is 2.56. The molecule has 2 aliphatic rings. The quantitative estimate of drug-likeness (QED) is 0.804. The Kier molecular flexibility index (Phi) is 2.77. The van der Waals surface area contributed by atoms with E-state index in [1.54, 1.807) is 15.8 Å². The van der Waals surface area contributed by atoms with Gasteiger partial charge in [-0.2, -0.15) is 0 Å². The van der Waals surface area contributed by atoms with Crippen LogP contribution in [0.15, 0.2) is 36.7 Å². The third kappa shape index (κ3) is 2.10. The van der Waals surface area contributed by atoms with Gasteiger partial charge >= 0.3 is 0 Å². The van der Waals surface area contributed by atoms with Crippen LogP contribution in [0.25, 0.3) is 0 Å². The normalized spacial score (nSPS) is 21.0. The first kappa shape index (κ1) is 12.2. The molecule has 0 spiro atoms. The van der Waals surface area contributed by atoms with Crippen molar-refractivity contribution in [3.63, 3.8) is 0 Å². The molecule has 1 saturated heterocycles. The number of nitrogens with zero attached hydrogens (tertiary/aromatic N) is 4. The molecule has 4 rings (SSSR count). The average molecular weight is 286 g/mol. The molecule has 108 valence electrons. The van der Waals surface area contributed by atoms with Gasteiger partial charge in [-0.1, -0.05) is 17.3 Å². The molecular formula is C14H14N4O3. The number of hydrogen-bond acceptors (Lipinski definition) is 5. The van der Waals surface area contributed by atoms with Gasteiger partial charge in [-0.15, -0.1) is 5.10 Å². The van der Waals surface area contributed by atoms with E-state index in [-0.39, 0.29) is 18.6 Å². The van der Waals surface area contributed by atoms with Gasteiger partial charge in [0.1, 0.15) is 6.61 Å². The van der Waals surface area contributed by atoms with E-state index in [9.17, 15) is 4.79 Å². The van der Waals surface area contributed by atoms with E-state index >= 15 is 0 Å². The van der Waals surface area contributed by atoms with E-state index in [2.05, 4.69) is 10.3 Å². The number of likely N-dealkylation sites (tertiary alicyclic amines) is 1. The lowest BCUT2D eigenvalue weighted by Gasteiger charge is -2.41. The molecule has 0 bridgehead atoms. The maximum absolute atomic E-state index is 12.4. The van der Waals surface area contributed by atoms with Crippen molar-refractivity contribution in [1.29, 1.82) is 0 Å². The standard InChI is InChI=1S/C14H14N4O3/c19-14(17-7-10(8-17)18-6-5-15-16-18)13-9-20-11-3-1-2-4-12(11)21-13/h1-6,10,13H,7-9H2. The van der Waals surface area contributed by atoms with Gasteiger partial charge in [-0.3, -0.25) is 4.79 Å². The molecule has 7 nitrogen and oxygen atoms in total. The molecule has 1 atom stereocenters. The molecule has 2 aliphatic heterocycles.